The number of rotatable bonds is 4. The normalized spacial score (nSPS) is 13.6. The SMILES string of the molecule is I.NC(=NCCc1cn2c(n1)SCC2)Nc1ccccc1. The fourth-order valence-corrected chi connectivity index (χ4v) is 3.04. The Bertz CT molecular complexity index is 590. The third kappa shape index (κ3) is 4.37. The highest BCUT2D eigenvalue weighted by Crippen LogP contribution is 2.24. The van der Waals surface area contributed by atoms with E-state index in [9.17, 15) is 0 Å². The number of hydrogen-bond acceptors (Lipinski definition) is 3. The summed E-state index contributed by atoms with van der Waals surface area (Å²) < 4.78 is 2.20. The molecule has 0 aliphatic carbocycles. The third-order valence-corrected chi connectivity index (χ3v) is 4.02. The third-order valence-electron chi connectivity index (χ3n) is 3.05. The number of thioether (sulfide) groups is 1. The van der Waals surface area contributed by atoms with E-state index in [1.807, 2.05) is 42.1 Å². The summed E-state index contributed by atoms with van der Waals surface area (Å²) in [6.45, 7) is 1.71. The second-order valence-corrected chi connectivity index (χ2v) is 5.63. The summed E-state index contributed by atoms with van der Waals surface area (Å²) in [5, 5.41) is 4.19. The van der Waals surface area contributed by atoms with Gasteiger partial charge in [-0.3, -0.25) is 4.99 Å². The molecule has 7 heteroatoms. The number of hydrogen-bond donors (Lipinski definition) is 2. The molecule has 1 aliphatic heterocycles. The van der Waals surface area contributed by atoms with Crippen LogP contribution in [0.5, 0.6) is 0 Å². The highest BCUT2D eigenvalue weighted by Gasteiger charge is 2.13. The van der Waals surface area contributed by atoms with E-state index in [-0.39, 0.29) is 24.0 Å². The van der Waals surface area contributed by atoms with Gasteiger partial charge in [-0.2, -0.15) is 0 Å². The van der Waals surface area contributed by atoms with Gasteiger partial charge in [0.15, 0.2) is 11.1 Å². The maximum atomic E-state index is 5.85. The lowest BCUT2D eigenvalue weighted by atomic mass is 10.3. The highest BCUT2D eigenvalue weighted by atomic mass is 127. The summed E-state index contributed by atoms with van der Waals surface area (Å²) in [6, 6.07) is 9.80. The lowest BCUT2D eigenvalue weighted by Gasteiger charge is -2.04. The topological polar surface area (TPSA) is 68.2 Å². The van der Waals surface area contributed by atoms with Crippen molar-refractivity contribution in [3.8, 4) is 0 Å². The molecule has 0 saturated carbocycles. The van der Waals surface area contributed by atoms with Crippen LogP contribution in [0.25, 0.3) is 0 Å². The fourth-order valence-electron chi connectivity index (χ4n) is 2.08. The molecule has 1 aromatic carbocycles. The first-order valence-electron chi connectivity index (χ1n) is 6.62. The fraction of sp³-hybridized carbons (Fsp3) is 0.286. The molecule has 0 atom stereocenters. The molecule has 2 heterocycles. The van der Waals surface area contributed by atoms with Gasteiger partial charge in [-0.25, -0.2) is 4.98 Å². The first-order chi connectivity index (χ1) is 9.81. The minimum absolute atomic E-state index is 0. The van der Waals surface area contributed by atoms with Gasteiger partial charge in [-0.05, 0) is 12.1 Å². The summed E-state index contributed by atoms with van der Waals surface area (Å²) in [6.07, 6.45) is 2.93. The average Bonchev–Trinajstić information content (AvgIpc) is 3.01. The molecule has 0 saturated heterocycles. The van der Waals surface area contributed by atoms with Crippen LogP contribution in [0, 0.1) is 0 Å². The molecular formula is C14H18IN5S. The minimum atomic E-state index is 0. The Hall–Kier alpha value is -1.22. The van der Waals surface area contributed by atoms with Crippen LogP contribution in [-0.2, 0) is 13.0 Å². The van der Waals surface area contributed by atoms with Crippen molar-refractivity contribution in [3.05, 3.63) is 42.2 Å². The minimum Gasteiger partial charge on any atom is -0.370 e. The van der Waals surface area contributed by atoms with Gasteiger partial charge in [0.05, 0.1) is 5.69 Å². The van der Waals surface area contributed by atoms with Crippen LogP contribution >= 0.6 is 35.7 Å². The Morgan fingerprint density at radius 3 is 2.95 bits per heavy atom. The Morgan fingerprint density at radius 1 is 1.38 bits per heavy atom. The molecule has 1 aromatic heterocycles. The number of fused-ring (bicyclic) bond motifs is 1. The molecular weight excluding hydrogens is 397 g/mol. The van der Waals surface area contributed by atoms with Gasteiger partial charge < -0.3 is 15.6 Å². The van der Waals surface area contributed by atoms with Crippen molar-refractivity contribution in [1.29, 1.82) is 0 Å². The number of anilines is 1. The number of nitrogens with one attached hydrogen (secondary N) is 1. The average molecular weight is 415 g/mol. The smallest absolute Gasteiger partial charge is 0.193 e. The molecule has 0 amide bonds. The highest BCUT2D eigenvalue weighted by molar-refractivity contribution is 14.0. The van der Waals surface area contributed by atoms with Gasteiger partial charge >= 0.3 is 0 Å². The van der Waals surface area contributed by atoms with E-state index in [1.54, 1.807) is 0 Å². The van der Waals surface area contributed by atoms with E-state index in [4.69, 9.17) is 5.73 Å². The monoisotopic (exact) mass is 415 g/mol. The van der Waals surface area contributed by atoms with Gasteiger partial charge in [-0.1, -0.05) is 30.0 Å². The second-order valence-electron chi connectivity index (χ2n) is 4.56. The van der Waals surface area contributed by atoms with Crippen LogP contribution < -0.4 is 11.1 Å². The van der Waals surface area contributed by atoms with Crippen LogP contribution in [0.15, 0.2) is 46.7 Å². The zero-order chi connectivity index (χ0) is 13.8. The first-order valence-corrected chi connectivity index (χ1v) is 7.61. The van der Waals surface area contributed by atoms with Crippen LogP contribution in [0.4, 0.5) is 5.69 Å². The van der Waals surface area contributed by atoms with Gasteiger partial charge in [0.25, 0.3) is 0 Å². The summed E-state index contributed by atoms with van der Waals surface area (Å²) in [5.41, 5.74) is 7.89. The number of aliphatic imine (C=N–C) groups is 1. The number of guanidine groups is 1. The van der Waals surface area contributed by atoms with Gasteiger partial charge in [0, 0.05) is 37.1 Å². The van der Waals surface area contributed by atoms with E-state index in [2.05, 4.69) is 26.1 Å². The van der Waals surface area contributed by atoms with Crippen molar-refractivity contribution >= 4 is 47.4 Å². The molecule has 0 fully saturated rings. The molecule has 3 N–H and O–H groups in total. The molecule has 112 valence electrons. The van der Waals surface area contributed by atoms with Crippen molar-refractivity contribution in [2.24, 2.45) is 10.7 Å². The van der Waals surface area contributed by atoms with Crippen LogP contribution in [-0.4, -0.2) is 27.8 Å². The zero-order valence-electron chi connectivity index (χ0n) is 11.5. The molecule has 0 radical (unpaired) electrons. The summed E-state index contributed by atoms with van der Waals surface area (Å²) in [4.78, 5) is 8.89. The molecule has 5 nitrogen and oxygen atoms in total. The van der Waals surface area contributed by atoms with Gasteiger partial charge in [0.1, 0.15) is 0 Å². The van der Waals surface area contributed by atoms with Crippen LogP contribution in [0.2, 0.25) is 0 Å². The van der Waals surface area contributed by atoms with E-state index >= 15 is 0 Å². The number of aryl methyl sites for hydroxylation is 1. The number of nitrogens with zero attached hydrogens (tertiary/aromatic N) is 3. The zero-order valence-corrected chi connectivity index (χ0v) is 14.7. The van der Waals surface area contributed by atoms with Crippen molar-refractivity contribution in [1.82, 2.24) is 9.55 Å². The summed E-state index contributed by atoms with van der Waals surface area (Å²) >= 11 is 1.81. The maximum Gasteiger partial charge on any atom is 0.193 e. The lowest BCUT2D eigenvalue weighted by molar-refractivity contribution is 0.719. The van der Waals surface area contributed by atoms with Crippen molar-refractivity contribution < 1.29 is 0 Å². The largest absolute Gasteiger partial charge is 0.370 e. The molecule has 0 bridgehead atoms. The first kappa shape index (κ1) is 16.2. The second kappa shape index (κ2) is 7.69. The number of imidazole rings is 1. The molecule has 0 spiro atoms. The predicted octanol–water partition coefficient (Wildman–Crippen LogP) is 2.58. The number of para-hydroxylation sites is 1. The molecule has 1 aliphatic rings. The van der Waals surface area contributed by atoms with Crippen molar-refractivity contribution in [2.75, 3.05) is 17.6 Å². The Morgan fingerprint density at radius 2 is 2.19 bits per heavy atom. The number of aromatic nitrogens is 2. The lowest BCUT2D eigenvalue weighted by Crippen LogP contribution is -2.23. The number of nitrogens with two attached hydrogens (primary N) is 1. The standard InChI is InChI=1S/C14H17N5S.HI/c15-13(17-11-4-2-1-3-5-11)16-7-6-12-10-19-8-9-20-14(19)18-12;/h1-5,10H,6-9H2,(H3,15,16,17);1H. The van der Waals surface area contributed by atoms with Crippen LogP contribution in [0.1, 0.15) is 5.69 Å². The Kier molecular flexibility index (Phi) is 5.92. The quantitative estimate of drug-likeness (QED) is 0.458. The van der Waals surface area contributed by atoms with Crippen molar-refractivity contribution in [2.45, 2.75) is 18.1 Å². The van der Waals surface area contributed by atoms with Crippen molar-refractivity contribution in [3.63, 3.8) is 0 Å². The maximum absolute atomic E-state index is 5.85. The molecule has 0 unspecified atom stereocenters. The van der Waals surface area contributed by atoms with E-state index < -0.39 is 0 Å². The molecule has 2 aromatic rings. The molecule has 3 rings (SSSR count). The molecule has 21 heavy (non-hydrogen) atoms. The number of benzene rings is 1. The number of halogens is 1. The van der Waals surface area contributed by atoms with Crippen LogP contribution in [0.3, 0.4) is 0 Å². The van der Waals surface area contributed by atoms with Gasteiger partial charge in [0.2, 0.25) is 0 Å². The van der Waals surface area contributed by atoms with Gasteiger partial charge in [-0.15, -0.1) is 24.0 Å². The van der Waals surface area contributed by atoms with E-state index in [1.165, 1.54) is 0 Å². The van der Waals surface area contributed by atoms with E-state index in [0.717, 1.165) is 35.3 Å². The summed E-state index contributed by atoms with van der Waals surface area (Å²) in [5.74, 6) is 1.58. The van der Waals surface area contributed by atoms with E-state index in [0.29, 0.717) is 12.5 Å². The predicted molar refractivity (Wildman–Crippen MR) is 98.6 cm³/mol. The Labute approximate surface area is 145 Å². The summed E-state index contributed by atoms with van der Waals surface area (Å²) in [7, 11) is 0. The Balaban J connectivity index is 0.00000161.